The Kier molecular flexibility index (Phi) is 3.23. The molecule has 0 saturated carbocycles. The first-order valence-corrected chi connectivity index (χ1v) is 6.07. The van der Waals surface area contributed by atoms with Gasteiger partial charge in [-0.25, -0.2) is 0 Å². The van der Waals surface area contributed by atoms with Crippen molar-refractivity contribution in [2.45, 2.75) is 33.1 Å². The highest BCUT2D eigenvalue weighted by molar-refractivity contribution is 5.82. The molecule has 0 bridgehead atoms. The first kappa shape index (κ1) is 11.1. The third-order valence-electron chi connectivity index (χ3n) is 3.32. The Morgan fingerprint density at radius 2 is 1.94 bits per heavy atom. The molecule has 1 aromatic carbocycles. The Hall–Kier alpha value is -1.37. The summed E-state index contributed by atoms with van der Waals surface area (Å²) in [5.74, 6) is 1.31. The van der Waals surface area contributed by atoms with Crippen LogP contribution in [0, 0.1) is 5.92 Å². The van der Waals surface area contributed by atoms with Crippen molar-refractivity contribution in [1.29, 1.82) is 0 Å². The number of pyridine rings is 1. The second-order valence-electron chi connectivity index (χ2n) is 4.68. The molecule has 0 amide bonds. The predicted octanol–water partition coefficient (Wildman–Crippen LogP) is 4.38. The zero-order valence-electron chi connectivity index (χ0n) is 10.3. The van der Waals surface area contributed by atoms with Crippen molar-refractivity contribution in [3.05, 3.63) is 42.1 Å². The van der Waals surface area contributed by atoms with Crippen LogP contribution in [0.3, 0.4) is 0 Å². The Bertz CT molecular complexity index is 468. The van der Waals surface area contributed by atoms with Gasteiger partial charge in [-0.1, -0.05) is 39.0 Å². The summed E-state index contributed by atoms with van der Waals surface area (Å²) in [4.78, 5) is 4.42. The van der Waals surface area contributed by atoms with Gasteiger partial charge in [-0.05, 0) is 36.0 Å². The summed E-state index contributed by atoms with van der Waals surface area (Å²) in [5, 5.41) is 1.31. The predicted molar refractivity (Wildman–Crippen MR) is 69.6 cm³/mol. The number of nitrogens with zero attached hydrogens (tertiary/aromatic N) is 1. The van der Waals surface area contributed by atoms with E-state index in [4.69, 9.17) is 0 Å². The van der Waals surface area contributed by atoms with Crippen LogP contribution < -0.4 is 0 Å². The van der Waals surface area contributed by atoms with E-state index in [-0.39, 0.29) is 0 Å². The third-order valence-corrected chi connectivity index (χ3v) is 3.32. The van der Waals surface area contributed by atoms with E-state index in [0.717, 1.165) is 5.52 Å². The van der Waals surface area contributed by atoms with Gasteiger partial charge in [0.25, 0.3) is 0 Å². The average Bonchev–Trinajstić information content (AvgIpc) is 2.30. The fourth-order valence-electron chi connectivity index (χ4n) is 2.50. The lowest BCUT2D eigenvalue weighted by Gasteiger charge is -2.21. The lowest BCUT2D eigenvalue weighted by molar-refractivity contribution is 0.488. The van der Waals surface area contributed by atoms with Gasteiger partial charge in [0.1, 0.15) is 0 Å². The molecule has 0 fully saturated rings. The molecule has 0 spiro atoms. The molecule has 1 heterocycles. The van der Waals surface area contributed by atoms with Crippen molar-refractivity contribution in [2.24, 2.45) is 5.92 Å². The molecular formula is C15H19N. The molecule has 0 aliphatic carbocycles. The largest absolute Gasteiger partial charge is 0.256 e. The maximum absolute atomic E-state index is 4.42. The molecule has 2 aromatic rings. The molecule has 1 unspecified atom stereocenters. The molecule has 1 nitrogen and oxygen atoms in total. The van der Waals surface area contributed by atoms with E-state index >= 15 is 0 Å². The molecule has 0 aliphatic heterocycles. The molecule has 16 heavy (non-hydrogen) atoms. The molecule has 0 saturated heterocycles. The van der Waals surface area contributed by atoms with E-state index in [0.29, 0.717) is 11.8 Å². The molecular weight excluding hydrogens is 194 g/mol. The van der Waals surface area contributed by atoms with Crippen molar-refractivity contribution >= 4 is 10.9 Å². The van der Waals surface area contributed by atoms with Gasteiger partial charge < -0.3 is 0 Å². The number of aromatic nitrogens is 1. The standard InChI is InChI=1S/C15H19N/c1-4-12(11(2)3)13-7-5-9-15-14(13)8-6-10-16-15/h5-12H,4H2,1-3H3. The normalized spacial score (nSPS) is 13.2. The summed E-state index contributed by atoms with van der Waals surface area (Å²) in [6.45, 7) is 6.85. The summed E-state index contributed by atoms with van der Waals surface area (Å²) in [6.07, 6.45) is 3.05. The topological polar surface area (TPSA) is 12.9 Å². The van der Waals surface area contributed by atoms with Gasteiger partial charge in [-0.2, -0.15) is 0 Å². The Balaban J connectivity index is 2.59. The highest BCUT2D eigenvalue weighted by Crippen LogP contribution is 2.32. The second kappa shape index (κ2) is 4.65. The van der Waals surface area contributed by atoms with Crippen molar-refractivity contribution < 1.29 is 0 Å². The average molecular weight is 213 g/mol. The smallest absolute Gasteiger partial charge is 0.0704 e. The van der Waals surface area contributed by atoms with E-state index < -0.39 is 0 Å². The fourth-order valence-corrected chi connectivity index (χ4v) is 2.50. The van der Waals surface area contributed by atoms with Gasteiger partial charge in [0.15, 0.2) is 0 Å². The maximum Gasteiger partial charge on any atom is 0.0704 e. The van der Waals surface area contributed by atoms with E-state index in [1.165, 1.54) is 17.4 Å². The van der Waals surface area contributed by atoms with Gasteiger partial charge in [0.05, 0.1) is 5.52 Å². The molecule has 2 rings (SSSR count). The van der Waals surface area contributed by atoms with Crippen molar-refractivity contribution in [3.63, 3.8) is 0 Å². The molecule has 84 valence electrons. The minimum absolute atomic E-state index is 0.632. The molecule has 0 radical (unpaired) electrons. The van der Waals surface area contributed by atoms with Gasteiger partial charge in [0.2, 0.25) is 0 Å². The van der Waals surface area contributed by atoms with E-state index in [1.807, 2.05) is 12.3 Å². The minimum Gasteiger partial charge on any atom is -0.256 e. The quantitative estimate of drug-likeness (QED) is 0.737. The van der Waals surface area contributed by atoms with E-state index in [9.17, 15) is 0 Å². The zero-order chi connectivity index (χ0) is 11.5. The van der Waals surface area contributed by atoms with Crippen LogP contribution in [0.1, 0.15) is 38.7 Å². The van der Waals surface area contributed by atoms with Crippen LogP contribution in [-0.4, -0.2) is 4.98 Å². The highest BCUT2D eigenvalue weighted by Gasteiger charge is 2.15. The lowest BCUT2D eigenvalue weighted by Crippen LogP contribution is -2.06. The maximum atomic E-state index is 4.42. The number of benzene rings is 1. The van der Waals surface area contributed by atoms with Gasteiger partial charge >= 0.3 is 0 Å². The van der Waals surface area contributed by atoms with Crippen LogP contribution in [0.25, 0.3) is 10.9 Å². The lowest BCUT2D eigenvalue weighted by atomic mass is 9.84. The van der Waals surface area contributed by atoms with Crippen LogP contribution in [0.5, 0.6) is 0 Å². The zero-order valence-corrected chi connectivity index (χ0v) is 10.3. The summed E-state index contributed by atoms with van der Waals surface area (Å²) in [5.41, 5.74) is 2.56. The van der Waals surface area contributed by atoms with Crippen molar-refractivity contribution in [3.8, 4) is 0 Å². The van der Waals surface area contributed by atoms with Crippen molar-refractivity contribution in [2.75, 3.05) is 0 Å². The van der Waals surface area contributed by atoms with Gasteiger partial charge in [-0.3, -0.25) is 4.98 Å². The SMILES string of the molecule is CCC(c1cccc2ncccc12)C(C)C. The number of hydrogen-bond acceptors (Lipinski definition) is 1. The summed E-state index contributed by atoms with van der Waals surface area (Å²) >= 11 is 0. The summed E-state index contributed by atoms with van der Waals surface area (Å²) < 4.78 is 0. The van der Waals surface area contributed by atoms with Gasteiger partial charge in [-0.15, -0.1) is 0 Å². The first-order chi connectivity index (χ1) is 7.74. The Labute approximate surface area is 97.5 Å². The van der Waals surface area contributed by atoms with E-state index in [1.54, 1.807) is 0 Å². The molecule has 1 atom stereocenters. The summed E-state index contributed by atoms with van der Waals surface area (Å²) in [7, 11) is 0. The minimum atomic E-state index is 0.632. The fraction of sp³-hybridized carbons (Fsp3) is 0.400. The molecule has 1 aromatic heterocycles. The van der Waals surface area contributed by atoms with Crippen LogP contribution in [0.2, 0.25) is 0 Å². The molecule has 0 N–H and O–H groups in total. The second-order valence-corrected chi connectivity index (χ2v) is 4.68. The van der Waals surface area contributed by atoms with Crippen LogP contribution >= 0.6 is 0 Å². The number of fused-ring (bicyclic) bond motifs is 1. The van der Waals surface area contributed by atoms with Crippen molar-refractivity contribution in [1.82, 2.24) is 4.98 Å². The Morgan fingerprint density at radius 3 is 2.62 bits per heavy atom. The van der Waals surface area contributed by atoms with Crippen LogP contribution in [-0.2, 0) is 0 Å². The third kappa shape index (κ3) is 1.95. The molecule has 1 heteroatoms. The van der Waals surface area contributed by atoms with Gasteiger partial charge in [0, 0.05) is 11.6 Å². The highest BCUT2D eigenvalue weighted by atomic mass is 14.6. The first-order valence-electron chi connectivity index (χ1n) is 6.07. The summed E-state index contributed by atoms with van der Waals surface area (Å²) in [6, 6.07) is 10.7. The van der Waals surface area contributed by atoms with E-state index in [2.05, 4.69) is 50.0 Å². The van der Waals surface area contributed by atoms with Crippen LogP contribution in [0.4, 0.5) is 0 Å². The van der Waals surface area contributed by atoms with Crippen LogP contribution in [0.15, 0.2) is 36.5 Å². The molecule has 0 aliphatic rings. The Morgan fingerprint density at radius 1 is 1.12 bits per heavy atom. The number of hydrogen-bond donors (Lipinski definition) is 0. The number of rotatable bonds is 3. The monoisotopic (exact) mass is 213 g/mol.